The minimum atomic E-state index is -0.182. The molecule has 0 bridgehead atoms. The summed E-state index contributed by atoms with van der Waals surface area (Å²) in [6.07, 6.45) is 0. The first-order chi connectivity index (χ1) is 14.5. The van der Waals surface area contributed by atoms with Crippen LogP contribution in [-0.4, -0.2) is 81.5 Å². The number of aromatic nitrogens is 3. The highest BCUT2D eigenvalue weighted by atomic mass is 32.2. The Morgan fingerprint density at radius 2 is 1.70 bits per heavy atom. The fourth-order valence-corrected chi connectivity index (χ4v) is 4.73. The molecule has 7 nitrogen and oxygen atoms in total. The first-order valence-electron chi connectivity index (χ1n) is 10.9. The van der Waals surface area contributed by atoms with Gasteiger partial charge in [-0.25, -0.2) is 0 Å². The molecule has 1 amide bonds. The van der Waals surface area contributed by atoms with Gasteiger partial charge in [0, 0.05) is 57.6 Å². The molecular weight excluding hydrogens is 396 g/mol. The summed E-state index contributed by atoms with van der Waals surface area (Å²) in [7, 11) is 1.97. The Balaban J connectivity index is 1.66. The number of benzene rings is 1. The van der Waals surface area contributed by atoms with Gasteiger partial charge >= 0.3 is 0 Å². The Bertz CT molecular complexity index is 825. The van der Waals surface area contributed by atoms with Gasteiger partial charge in [-0.15, -0.1) is 10.2 Å². The molecule has 0 saturated carbocycles. The van der Waals surface area contributed by atoms with Crippen molar-refractivity contribution in [2.24, 2.45) is 7.05 Å². The van der Waals surface area contributed by atoms with E-state index in [4.69, 9.17) is 0 Å². The summed E-state index contributed by atoms with van der Waals surface area (Å²) in [5.41, 5.74) is 2.24. The topological polar surface area (TPSA) is 57.5 Å². The Morgan fingerprint density at radius 3 is 2.27 bits per heavy atom. The van der Waals surface area contributed by atoms with Crippen LogP contribution in [0.15, 0.2) is 29.4 Å². The summed E-state index contributed by atoms with van der Waals surface area (Å²) in [5.74, 6) is 1.00. The zero-order chi connectivity index (χ0) is 21.7. The summed E-state index contributed by atoms with van der Waals surface area (Å²) in [5, 5.41) is 9.34. The van der Waals surface area contributed by atoms with E-state index in [1.165, 1.54) is 17.4 Å². The lowest BCUT2D eigenvalue weighted by molar-refractivity contribution is -0.132. The van der Waals surface area contributed by atoms with Gasteiger partial charge in [-0.05, 0) is 51.6 Å². The number of amides is 1. The smallest absolute Gasteiger partial charge is 0.235 e. The summed E-state index contributed by atoms with van der Waals surface area (Å²) in [6, 6.07) is 8.44. The number of hydrogen-bond donors (Lipinski definition) is 0. The quantitative estimate of drug-likeness (QED) is 0.600. The molecule has 0 spiro atoms. The van der Waals surface area contributed by atoms with Crippen molar-refractivity contribution in [1.82, 2.24) is 24.6 Å². The van der Waals surface area contributed by atoms with Crippen LogP contribution in [0.25, 0.3) is 11.4 Å². The Labute approximate surface area is 184 Å². The third kappa shape index (κ3) is 4.98. The van der Waals surface area contributed by atoms with Gasteiger partial charge in [0.25, 0.3) is 0 Å². The van der Waals surface area contributed by atoms with Gasteiger partial charge in [-0.3, -0.25) is 4.79 Å². The molecule has 2 aromatic rings. The number of carbonyl (C=O) groups excluding carboxylic acids is 1. The van der Waals surface area contributed by atoms with Crippen LogP contribution in [0.4, 0.5) is 5.69 Å². The second kappa shape index (κ2) is 10.3. The minimum absolute atomic E-state index is 0.182. The lowest BCUT2D eigenvalue weighted by Gasteiger charge is -2.35. The van der Waals surface area contributed by atoms with E-state index in [1.54, 1.807) is 0 Å². The van der Waals surface area contributed by atoms with Crippen molar-refractivity contribution in [3.8, 4) is 11.4 Å². The fourth-order valence-electron chi connectivity index (χ4n) is 3.83. The molecule has 3 rings (SSSR count). The molecule has 1 aromatic carbocycles. The third-order valence-electron chi connectivity index (χ3n) is 5.85. The predicted molar refractivity (Wildman–Crippen MR) is 124 cm³/mol. The van der Waals surface area contributed by atoms with E-state index < -0.39 is 0 Å². The Hall–Kier alpha value is -2.06. The number of carbonyl (C=O) groups is 1. The van der Waals surface area contributed by atoms with Crippen LogP contribution in [0.2, 0.25) is 0 Å². The standard InChI is InChI=1S/C22H34N6OS/c1-6-26-13-15-28(16-14-26)21(29)17(4)30-22-24-23-20(25(22)5)18-9-11-19(12-10-18)27(7-2)8-3/h9-12,17H,6-8,13-16H2,1-5H3. The van der Waals surface area contributed by atoms with Crippen molar-refractivity contribution in [3.05, 3.63) is 24.3 Å². The molecule has 1 aliphatic heterocycles. The van der Waals surface area contributed by atoms with Crippen LogP contribution in [0.1, 0.15) is 27.7 Å². The summed E-state index contributed by atoms with van der Waals surface area (Å²) in [6.45, 7) is 15.0. The molecule has 2 heterocycles. The molecule has 0 radical (unpaired) electrons. The molecule has 164 valence electrons. The minimum Gasteiger partial charge on any atom is -0.372 e. The van der Waals surface area contributed by atoms with E-state index in [9.17, 15) is 4.79 Å². The predicted octanol–water partition coefficient (Wildman–Crippen LogP) is 2.97. The maximum Gasteiger partial charge on any atom is 0.235 e. The van der Waals surface area contributed by atoms with E-state index in [1.807, 2.05) is 23.4 Å². The van der Waals surface area contributed by atoms with Crippen molar-refractivity contribution >= 4 is 23.4 Å². The lowest BCUT2D eigenvalue weighted by atomic mass is 10.2. The van der Waals surface area contributed by atoms with Crippen LogP contribution in [0.3, 0.4) is 0 Å². The van der Waals surface area contributed by atoms with E-state index in [0.29, 0.717) is 0 Å². The van der Waals surface area contributed by atoms with Crippen molar-refractivity contribution in [1.29, 1.82) is 0 Å². The van der Waals surface area contributed by atoms with Crippen molar-refractivity contribution < 1.29 is 4.79 Å². The number of likely N-dealkylation sites (N-methyl/N-ethyl adjacent to an activating group) is 1. The van der Waals surface area contributed by atoms with E-state index >= 15 is 0 Å². The van der Waals surface area contributed by atoms with Gasteiger partial charge < -0.3 is 19.3 Å². The van der Waals surface area contributed by atoms with Gasteiger partial charge in [0.05, 0.1) is 5.25 Å². The maximum atomic E-state index is 12.9. The summed E-state index contributed by atoms with van der Waals surface area (Å²) < 4.78 is 1.98. The highest BCUT2D eigenvalue weighted by molar-refractivity contribution is 8.00. The molecule has 0 N–H and O–H groups in total. The fraction of sp³-hybridized carbons (Fsp3) is 0.591. The van der Waals surface area contributed by atoms with Crippen LogP contribution >= 0.6 is 11.8 Å². The number of piperazine rings is 1. The second-order valence-corrected chi connectivity index (χ2v) is 8.91. The average molecular weight is 431 g/mol. The van der Waals surface area contributed by atoms with Gasteiger partial charge in [0.2, 0.25) is 5.91 Å². The zero-order valence-corrected chi connectivity index (χ0v) is 19.7. The number of nitrogens with zero attached hydrogens (tertiary/aromatic N) is 6. The van der Waals surface area contributed by atoms with E-state index in [-0.39, 0.29) is 11.2 Å². The molecule has 30 heavy (non-hydrogen) atoms. The molecule has 8 heteroatoms. The average Bonchev–Trinajstić information content (AvgIpc) is 3.14. The third-order valence-corrected chi connectivity index (χ3v) is 6.97. The highest BCUT2D eigenvalue weighted by Crippen LogP contribution is 2.28. The van der Waals surface area contributed by atoms with E-state index in [0.717, 1.165) is 62.4 Å². The number of anilines is 1. The molecule has 0 aliphatic carbocycles. The first kappa shape index (κ1) is 22.6. The molecule has 1 aliphatic rings. The van der Waals surface area contributed by atoms with Crippen LogP contribution in [0.5, 0.6) is 0 Å². The van der Waals surface area contributed by atoms with Gasteiger partial charge in [0.15, 0.2) is 11.0 Å². The Morgan fingerprint density at radius 1 is 1.07 bits per heavy atom. The number of hydrogen-bond acceptors (Lipinski definition) is 6. The lowest BCUT2D eigenvalue weighted by Crippen LogP contribution is -2.50. The highest BCUT2D eigenvalue weighted by Gasteiger charge is 2.26. The first-order valence-corrected chi connectivity index (χ1v) is 11.8. The molecule has 1 unspecified atom stereocenters. The van der Waals surface area contributed by atoms with Gasteiger partial charge in [-0.1, -0.05) is 18.7 Å². The zero-order valence-electron chi connectivity index (χ0n) is 18.8. The van der Waals surface area contributed by atoms with Crippen molar-refractivity contribution in [2.45, 2.75) is 38.1 Å². The second-order valence-electron chi connectivity index (χ2n) is 7.60. The molecule has 1 atom stereocenters. The molecule has 1 aromatic heterocycles. The number of rotatable bonds is 8. The summed E-state index contributed by atoms with van der Waals surface area (Å²) in [4.78, 5) is 19.5. The SMILES string of the molecule is CCN1CCN(C(=O)C(C)Sc2nnc(-c3ccc(N(CC)CC)cc3)n2C)CC1. The van der Waals surface area contributed by atoms with Gasteiger partial charge in [0.1, 0.15) is 0 Å². The molecule has 1 fully saturated rings. The van der Waals surface area contributed by atoms with E-state index in [2.05, 4.69) is 65.0 Å². The van der Waals surface area contributed by atoms with Crippen LogP contribution in [-0.2, 0) is 11.8 Å². The maximum absolute atomic E-state index is 12.9. The molecule has 1 saturated heterocycles. The van der Waals surface area contributed by atoms with Crippen molar-refractivity contribution in [3.63, 3.8) is 0 Å². The van der Waals surface area contributed by atoms with Crippen LogP contribution < -0.4 is 4.90 Å². The van der Waals surface area contributed by atoms with Gasteiger partial charge in [-0.2, -0.15) is 0 Å². The summed E-state index contributed by atoms with van der Waals surface area (Å²) >= 11 is 1.49. The van der Waals surface area contributed by atoms with Crippen molar-refractivity contribution in [2.75, 3.05) is 50.7 Å². The Kier molecular flexibility index (Phi) is 7.77. The normalized spacial score (nSPS) is 16.0. The number of thioether (sulfide) groups is 1. The largest absolute Gasteiger partial charge is 0.372 e. The van der Waals surface area contributed by atoms with Crippen LogP contribution in [0, 0.1) is 0 Å². The monoisotopic (exact) mass is 430 g/mol. The molecular formula is C22H34N6OS.